The summed E-state index contributed by atoms with van der Waals surface area (Å²) in [6, 6.07) is 1.61. The first-order chi connectivity index (χ1) is 10.2. The zero-order valence-corrected chi connectivity index (χ0v) is 14.7. The molecule has 1 fully saturated rings. The van der Waals surface area contributed by atoms with Crippen molar-refractivity contribution in [2.75, 3.05) is 18.6 Å². The van der Waals surface area contributed by atoms with Crippen molar-refractivity contribution in [2.45, 2.75) is 39.2 Å². The van der Waals surface area contributed by atoms with E-state index >= 15 is 0 Å². The number of thiophene rings is 1. The van der Waals surface area contributed by atoms with Crippen LogP contribution >= 0.6 is 11.3 Å². The largest absolute Gasteiger partial charge is 0.342 e. The lowest BCUT2D eigenvalue weighted by atomic mass is 10.1. The van der Waals surface area contributed by atoms with Gasteiger partial charge in [-0.15, -0.1) is 11.3 Å². The van der Waals surface area contributed by atoms with Crippen LogP contribution in [0.2, 0.25) is 0 Å². The average Bonchev–Trinajstić information content (AvgIpc) is 2.96. The first-order valence-corrected chi connectivity index (χ1v) is 9.90. The third-order valence-corrected chi connectivity index (χ3v) is 6.77. The molecule has 1 aromatic rings. The summed E-state index contributed by atoms with van der Waals surface area (Å²) in [7, 11) is -1.39. The van der Waals surface area contributed by atoms with Crippen molar-refractivity contribution in [1.29, 1.82) is 0 Å². The molecule has 5 nitrogen and oxygen atoms in total. The number of aryl methyl sites for hydroxylation is 2. The van der Waals surface area contributed by atoms with E-state index in [0.29, 0.717) is 12.0 Å². The van der Waals surface area contributed by atoms with Gasteiger partial charge in [0.2, 0.25) is 5.91 Å². The predicted octanol–water partition coefficient (Wildman–Crippen LogP) is 1.97. The van der Waals surface area contributed by atoms with Gasteiger partial charge in [-0.1, -0.05) is 0 Å². The molecule has 1 saturated heterocycles. The van der Waals surface area contributed by atoms with Crippen LogP contribution in [-0.2, 0) is 14.6 Å². The van der Waals surface area contributed by atoms with Crippen molar-refractivity contribution >= 4 is 32.9 Å². The number of carbonyl (C=O) groups is 2. The zero-order valence-electron chi connectivity index (χ0n) is 13.1. The summed E-state index contributed by atoms with van der Waals surface area (Å²) >= 11 is 1.58. The lowest BCUT2D eigenvalue weighted by molar-refractivity contribution is -0.131. The number of hydrogen-bond acceptors (Lipinski definition) is 5. The van der Waals surface area contributed by atoms with Crippen molar-refractivity contribution in [3.63, 3.8) is 0 Å². The van der Waals surface area contributed by atoms with E-state index in [2.05, 4.69) is 0 Å². The third-order valence-electron chi connectivity index (χ3n) is 4.06. The van der Waals surface area contributed by atoms with E-state index in [0.717, 1.165) is 9.75 Å². The van der Waals surface area contributed by atoms with Gasteiger partial charge in [-0.3, -0.25) is 9.59 Å². The maximum atomic E-state index is 12.2. The second-order valence-corrected chi connectivity index (χ2v) is 9.50. The van der Waals surface area contributed by atoms with Crippen LogP contribution in [0, 0.1) is 13.8 Å². The van der Waals surface area contributed by atoms with E-state index in [-0.39, 0.29) is 42.1 Å². The minimum Gasteiger partial charge on any atom is -0.342 e. The number of rotatable bonds is 5. The van der Waals surface area contributed by atoms with Gasteiger partial charge in [0.05, 0.1) is 11.5 Å². The molecule has 0 bridgehead atoms. The number of Topliss-reactive ketones (excluding diaryl/α,β-unsaturated/α-hetero) is 1. The molecule has 1 aromatic heterocycles. The van der Waals surface area contributed by atoms with Crippen molar-refractivity contribution in [1.82, 2.24) is 4.90 Å². The van der Waals surface area contributed by atoms with Crippen LogP contribution < -0.4 is 0 Å². The molecular weight excluding hydrogens is 322 g/mol. The molecule has 1 aliphatic heterocycles. The normalized spacial score (nSPS) is 20.0. The Kier molecular flexibility index (Phi) is 5.07. The fourth-order valence-corrected chi connectivity index (χ4v) is 5.44. The Labute approximate surface area is 135 Å². The zero-order chi connectivity index (χ0) is 16.5. The molecule has 0 aromatic carbocycles. The molecule has 7 heteroatoms. The highest BCUT2D eigenvalue weighted by Crippen LogP contribution is 2.23. The number of nitrogens with zero attached hydrogens (tertiary/aromatic N) is 1. The van der Waals surface area contributed by atoms with E-state index in [9.17, 15) is 18.0 Å². The van der Waals surface area contributed by atoms with E-state index in [1.807, 2.05) is 19.9 Å². The summed E-state index contributed by atoms with van der Waals surface area (Å²) in [6.45, 7) is 3.86. The van der Waals surface area contributed by atoms with Crippen molar-refractivity contribution in [2.24, 2.45) is 0 Å². The first-order valence-electron chi connectivity index (χ1n) is 7.26. The van der Waals surface area contributed by atoms with Gasteiger partial charge >= 0.3 is 0 Å². The van der Waals surface area contributed by atoms with E-state index in [4.69, 9.17) is 0 Å². The Hall–Kier alpha value is -1.21. The summed E-state index contributed by atoms with van der Waals surface area (Å²) in [5.41, 5.74) is 0.696. The predicted molar refractivity (Wildman–Crippen MR) is 87.2 cm³/mol. The number of carbonyl (C=O) groups excluding carboxylic acids is 2. The van der Waals surface area contributed by atoms with Gasteiger partial charge in [0.15, 0.2) is 15.6 Å². The summed E-state index contributed by atoms with van der Waals surface area (Å²) in [4.78, 5) is 27.9. The SMILES string of the molecule is Cc1cc(C(=O)CCC(=O)N(C)[C@H]2CCS(=O)(=O)C2)c(C)s1. The van der Waals surface area contributed by atoms with Gasteiger partial charge in [0.1, 0.15) is 0 Å². The average molecular weight is 343 g/mol. The third kappa shape index (κ3) is 3.95. The molecule has 0 radical (unpaired) electrons. The molecule has 2 rings (SSSR count). The van der Waals surface area contributed by atoms with Gasteiger partial charge in [-0.05, 0) is 26.3 Å². The molecule has 0 unspecified atom stereocenters. The highest BCUT2D eigenvalue weighted by molar-refractivity contribution is 7.91. The van der Waals surface area contributed by atoms with Crippen LogP contribution in [0.15, 0.2) is 6.07 Å². The van der Waals surface area contributed by atoms with Crippen LogP contribution in [0.25, 0.3) is 0 Å². The molecule has 1 amide bonds. The molecule has 0 saturated carbocycles. The fourth-order valence-electron chi connectivity index (χ4n) is 2.72. The minimum absolute atomic E-state index is 0.0253. The smallest absolute Gasteiger partial charge is 0.223 e. The molecule has 2 heterocycles. The van der Waals surface area contributed by atoms with Crippen LogP contribution in [0.3, 0.4) is 0 Å². The molecule has 1 atom stereocenters. The first kappa shape index (κ1) is 17.1. The fraction of sp³-hybridized carbons (Fsp3) is 0.600. The van der Waals surface area contributed by atoms with Gasteiger partial charge in [-0.25, -0.2) is 8.42 Å². The Morgan fingerprint density at radius 2 is 2.00 bits per heavy atom. The second kappa shape index (κ2) is 6.50. The molecule has 0 N–H and O–H groups in total. The summed E-state index contributed by atoms with van der Waals surface area (Å²) in [5, 5.41) is 0. The Bertz CT molecular complexity index is 690. The lowest BCUT2D eigenvalue weighted by Gasteiger charge is -2.23. The van der Waals surface area contributed by atoms with Crippen LogP contribution in [-0.4, -0.2) is 49.6 Å². The summed E-state index contributed by atoms with van der Waals surface area (Å²) in [6.07, 6.45) is 0.779. The van der Waals surface area contributed by atoms with Crippen molar-refractivity contribution in [3.8, 4) is 0 Å². The summed E-state index contributed by atoms with van der Waals surface area (Å²) < 4.78 is 22.9. The Balaban J connectivity index is 1.90. The molecule has 122 valence electrons. The highest BCUT2D eigenvalue weighted by Gasteiger charge is 2.32. The van der Waals surface area contributed by atoms with Crippen LogP contribution in [0.5, 0.6) is 0 Å². The Morgan fingerprint density at radius 3 is 2.50 bits per heavy atom. The van der Waals surface area contributed by atoms with Gasteiger partial charge < -0.3 is 4.90 Å². The van der Waals surface area contributed by atoms with Gasteiger partial charge in [-0.2, -0.15) is 0 Å². The van der Waals surface area contributed by atoms with Gasteiger partial charge in [0, 0.05) is 41.2 Å². The monoisotopic (exact) mass is 343 g/mol. The van der Waals surface area contributed by atoms with Crippen molar-refractivity contribution in [3.05, 3.63) is 21.4 Å². The van der Waals surface area contributed by atoms with Crippen molar-refractivity contribution < 1.29 is 18.0 Å². The van der Waals surface area contributed by atoms with Crippen LogP contribution in [0.4, 0.5) is 0 Å². The summed E-state index contributed by atoms with van der Waals surface area (Å²) in [5.74, 6) is -0.0177. The molecule has 22 heavy (non-hydrogen) atoms. The topological polar surface area (TPSA) is 71.5 Å². The molecule has 1 aliphatic rings. The highest BCUT2D eigenvalue weighted by atomic mass is 32.2. The second-order valence-electron chi connectivity index (χ2n) is 5.81. The molecular formula is C15H21NO4S2. The molecule has 0 spiro atoms. The van der Waals surface area contributed by atoms with E-state index in [1.54, 1.807) is 18.4 Å². The van der Waals surface area contributed by atoms with E-state index in [1.165, 1.54) is 4.90 Å². The number of hydrogen-bond donors (Lipinski definition) is 0. The van der Waals surface area contributed by atoms with Gasteiger partial charge in [0.25, 0.3) is 0 Å². The Morgan fingerprint density at radius 1 is 1.32 bits per heavy atom. The standard InChI is InChI=1S/C15H21NO4S2/c1-10-8-13(11(2)21-10)14(17)4-5-15(18)16(3)12-6-7-22(19,20)9-12/h8,12H,4-7,9H2,1-3H3/t12-/m0/s1. The van der Waals surface area contributed by atoms with E-state index < -0.39 is 9.84 Å². The maximum Gasteiger partial charge on any atom is 0.223 e. The van der Waals surface area contributed by atoms with Crippen LogP contribution in [0.1, 0.15) is 39.4 Å². The number of sulfone groups is 1. The lowest BCUT2D eigenvalue weighted by Crippen LogP contribution is -2.37. The number of amides is 1. The molecule has 0 aliphatic carbocycles. The maximum absolute atomic E-state index is 12.2. The number of ketones is 1. The quantitative estimate of drug-likeness (QED) is 0.766. The minimum atomic E-state index is -3.01.